The van der Waals surface area contributed by atoms with Gasteiger partial charge in [0.2, 0.25) is 0 Å². The van der Waals surface area contributed by atoms with Crippen molar-refractivity contribution in [2.45, 2.75) is 19.5 Å². The SMILES string of the molecule is CCc1cnc(C#Cc2ccccc2)cc1C(F)(F)F. The first-order valence-electron chi connectivity index (χ1n) is 6.14. The third-order valence-electron chi connectivity index (χ3n) is 2.78. The number of nitrogens with zero attached hydrogens (tertiary/aromatic N) is 1. The molecule has 102 valence electrons. The first-order valence-corrected chi connectivity index (χ1v) is 6.14. The van der Waals surface area contributed by atoms with Crippen molar-refractivity contribution in [2.24, 2.45) is 0 Å². The minimum absolute atomic E-state index is 0.123. The molecule has 2 rings (SSSR count). The zero-order valence-corrected chi connectivity index (χ0v) is 10.8. The number of aryl methyl sites for hydroxylation is 1. The smallest absolute Gasteiger partial charge is 0.247 e. The average Bonchev–Trinajstić information content (AvgIpc) is 2.45. The summed E-state index contributed by atoms with van der Waals surface area (Å²) >= 11 is 0. The van der Waals surface area contributed by atoms with Crippen LogP contribution in [0.2, 0.25) is 0 Å². The lowest BCUT2D eigenvalue weighted by Crippen LogP contribution is -2.10. The van der Waals surface area contributed by atoms with Gasteiger partial charge in [-0.2, -0.15) is 13.2 Å². The fourth-order valence-corrected chi connectivity index (χ4v) is 1.76. The van der Waals surface area contributed by atoms with E-state index in [-0.39, 0.29) is 17.7 Å². The third kappa shape index (κ3) is 3.39. The van der Waals surface area contributed by atoms with E-state index in [2.05, 4.69) is 16.8 Å². The lowest BCUT2D eigenvalue weighted by molar-refractivity contribution is -0.138. The maximum absolute atomic E-state index is 12.9. The standard InChI is InChI=1S/C16H12F3N/c1-2-13-11-20-14(10-15(13)16(17,18)19)9-8-12-6-4-3-5-7-12/h3-7,10-11H,2H2,1H3. The summed E-state index contributed by atoms with van der Waals surface area (Å²) in [5.74, 6) is 5.46. The maximum Gasteiger partial charge on any atom is 0.416 e. The molecule has 0 amide bonds. The van der Waals surface area contributed by atoms with Crippen molar-refractivity contribution in [3.63, 3.8) is 0 Å². The minimum atomic E-state index is -4.38. The van der Waals surface area contributed by atoms with Crippen molar-refractivity contribution < 1.29 is 13.2 Å². The maximum atomic E-state index is 12.9. The van der Waals surface area contributed by atoms with Gasteiger partial charge in [0, 0.05) is 11.8 Å². The van der Waals surface area contributed by atoms with E-state index in [1.165, 1.54) is 6.20 Å². The van der Waals surface area contributed by atoms with E-state index in [0.717, 1.165) is 11.6 Å². The molecular weight excluding hydrogens is 263 g/mol. The molecule has 1 heterocycles. The molecule has 1 aromatic carbocycles. The molecule has 0 aliphatic heterocycles. The van der Waals surface area contributed by atoms with E-state index in [4.69, 9.17) is 0 Å². The Morgan fingerprint density at radius 3 is 2.40 bits per heavy atom. The Morgan fingerprint density at radius 1 is 1.10 bits per heavy atom. The Bertz CT molecular complexity index is 649. The van der Waals surface area contributed by atoms with Gasteiger partial charge in [0.25, 0.3) is 0 Å². The van der Waals surface area contributed by atoms with Gasteiger partial charge in [0.05, 0.1) is 5.56 Å². The quantitative estimate of drug-likeness (QED) is 0.715. The van der Waals surface area contributed by atoms with E-state index in [1.807, 2.05) is 18.2 Å². The van der Waals surface area contributed by atoms with Crippen molar-refractivity contribution in [1.29, 1.82) is 0 Å². The number of pyridine rings is 1. The Hall–Kier alpha value is -2.28. The topological polar surface area (TPSA) is 12.9 Å². The number of benzene rings is 1. The van der Waals surface area contributed by atoms with Crippen LogP contribution in [0.1, 0.15) is 29.3 Å². The second-order valence-electron chi connectivity index (χ2n) is 4.19. The number of aromatic nitrogens is 1. The van der Waals surface area contributed by atoms with Gasteiger partial charge in [0.1, 0.15) is 5.69 Å². The van der Waals surface area contributed by atoms with Crippen LogP contribution in [0.5, 0.6) is 0 Å². The third-order valence-corrected chi connectivity index (χ3v) is 2.78. The highest BCUT2D eigenvalue weighted by molar-refractivity contribution is 5.42. The first kappa shape index (κ1) is 14.1. The van der Waals surface area contributed by atoms with Crippen LogP contribution in [-0.4, -0.2) is 4.98 Å². The molecular formula is C16H12F3N. The lowest BCUT2D eigenvalue weighted by atomic mass is 10.1. The molecule has 0 unspecified atom stereocenters. The monoisotopic (exact) mass is 275 g/mol. The van der Waals surface area contributed by atoms with Crippen LogP contribution in [-0.2, 0) is 12.6 Å². The van der Waals surface area contributed by atoms with Gasteiger partial charge in [-0.05, 0) is 36.1 Å². The summed E-state index contributed by atoms with van der Waals surface area (Å²) in [5, 5.41) is 0. The molecule has 0 saturated heterocycles. The molecule has 0 bridgehead atoms. The molecule has 0 spiro atoms. The largest absolute Gasteiger partial charge is 0.416 e. The van der Waals surface area contributed by atoms with Gasteiger partial charge in [0.15, 0.2) is 0 Å². The minimum Gasteiger partial charge on any atom is -0.247 e. The molecule has 1 aromatic heterocycles. The van der Waals surface area contributed by atoms with Crippen LogP contribution >= 0.6 is 0 Å². The predicted molar refractivity (Wildman–Crippen MR) is 71.0 cm³/mol. The zero-order chi connectivity index (χ0) is 14.6. The van der Waals surface area contributed by atoms with Crippen molar-refractivity contribution >= 4 is 0 Å². The first-order chi connectivity index (χ1) is 9.50. The zero-order valence-electron chi connectivity index (χ0n) is 10.8. The highest BCUT2D eigenvalue weighted by Crippen LogP contribution is 2.32. The fraction of sp³-hybridized carbons (Fsp3) is 0.188. The Morgan fingerprint density at radius 2 is 1.80 bits per heavy atom. The highest BCUT2D eigenvalue weighted by atomic mass is 19.4. The van der Waals surface area contributed by atoms with E-state index < -0.39 is 11.7 Å². The molecule has 20 heavy (non-hydrogen) atoms. The summed E-state index contributed by atoms with van der Waals surface area (Å²) < 4.78 is 38.7. The van der Waals surface area contributed by atoms with Gasteiger partial charge in [-0.1, -0.05) is 31.0 Å². The molecule has 2 aromatic rings. The second kappa shape index (κ2) is 5.79. The molecule has 4 heteroatoms. The molecule has 0 aliphatic rings. The van der Waals surface area contributed by atoms with Crippen molar-refractivity contribution in [2.75, 3.05) is 0 Å². The Labute approximate surface area is 115 Å². The summed E-state index contributed by atoms with van der Waals surface area (Å²) in [4.78, 5) is 3.97. The van der Waals surface area contributed by atoms with E-state index in [0.29, 0.717) is 0 Å². The summed E-state index contributed by atoms with van der Waals surface area (Å²) in [5.41, 5.74) is 0.385. The van der Waals surface area contributed by atoms with Crippen LogP contribution in [0.3, 0.4) is 0 Å². The fourth-order valence-electron chi connectivity index (χ4n) is 1.76. The predicted octanol–water partition coefficient (Wildman–Crippen LogP) is 4.06. The van der Waals surface area contributed by atoms with Crippen LogP contribution in [0, 0.1) is 11.8 Å². The summed E-state index contributed by atoms with van der Waals surface area (Å²) in [6.07, 6.45) is -2.84. The highest BCUT2D eigenvalue weighted by Gasteiger charge is 2.33. The molecule has 0 N–H and O–H groups in total. The molecule has 0 radical (unpaired) electrons. The van der Waals surface area contributed by atoms with E-state index in [9.17, 15) is 13.2 Å². The Kier molecular flexibility index (Phi) is 4.09. The molecule has 0 saturated carbocycles. The number of alkyl halides is 3. The van der Waals surface area contributed by atoms with E-state index >= 15 is 0 Å². The summed E-state index contributed by atoms with van der Waals surface area (Å²) in [6.45, 7) is 1.67. The van der Waals surface area contributed by atoms with Crippen LogP contribution in [0.25, 0.3) is 0 Å². The Balaban J connectivity index is 2.38. The van der Waals surface area contributed by atoms with Crippen molar-refractivity contribution in [3.05, 3.63) is 65.0 Å². The second-order valence-corrected chi connectivity index (χ2v) is 4.19. The molecule has 0 fully saturated rings. The van der Waals surface area contributed by atoms with Crippen molar-refractivity contribution in [1.82, 2.24) is 4.98 Å². The van der Waals surface area contributed by atoms with E-state index in [1.54, 1.807) is 19.1 Å². The average molecular weight is 275 g/mol. The van der Waals surface area contributed by atoms with Crippen molar-refractivity contribution in [3.8, 4) is 11.8 Å². The summed E-state index contributed by atoms with van der Waals surface area (Å²) in [6, 6.07) is 10.1. The van der Waals surface area contributed by atoms with Crippen LogP contribution in [0.4, 0.5) is 13.2 Å². The number of hydrogen-bond donors (Lipinski definition) is 0. The molecule has 0 aliphatic carbocycles. The molecule has 0 atom stereocenters. The van der Waals surface area contributed by atoms with Gasteiger partial charge < -0.3 is 0 Å². The lowest BCUT2D eigenvalue weighted by Gasteiger charge is -2.11. The molecule has 1 nitrogen and oxygen atoms in total. The van der Waals surface area contributed by atoms with Gasteiger partial charge in [-0.3, -0.25) is 0 Å². The van der Waals surface area contributed by atoms with Gasteiger partial charge >= 0.3 is 6.18 Å². The summed E-state index contributed by atoms with van der Waals surface area (Å²) in [7, 11) is 0. The van der Waals surface area contributed by atoms with Gasteiger partial charge in [-0.25, -0.2) is 4.98 Å². The number of halogens is 3. The van der Waals surface area contributed by atoms with Crippen LogP contribution < -0.4 is 0 Å². The number of hydrogen-bond acceptors (Lipinski definition) is 1. The number of rotatable bonds is 1. The van der Waals surface area contributed by atoms with Gasteiger partial charge in [-0.15, -0.1) is 0 Å². The van der Waals surface area contributed by atoms with Crippen LogP contribution in [0.15, 0.2) is 42.6 Å². The normalized spacial score (nSPS) is 10.8.